The summed E-state index contributed by atoms with van der Waals surface area (Å²) in [5, 5.41) is 2.37. The fourth-order valence-electron chi connectivity index (χ4n) is 2.47. The van der Waals surface area contributed by atoms with Crippen LogP contribution in [0, 0.1) is 0 Å². The van der Waals surface area contributed by atoms with Crippen molar-refractivity contribution in [2.75, 3.05) is 11.9 Å². The van der Waals surface area contributed by atoms with Crippen LogP contribution in [-0.2, 0) is 9.59 Å². The summed E-state index contributed by atoms with van der Waals surface area (Å²) in [6.45, 7) is -0.145. The van der Waals surface area contributed by atoms with Crippen LogP contribution in [0.4, 0.5) is 18.9 Å². The molecule has 0 spiro atoms. The molecule has 1 unspecified atom stereocenters. The second-order valence-corrected chi connectivity index (χ2v) is 5.05. The van der Waals surface area contributed by atoms with Gasteiger partial charge in [0.05, 0.1) is 11.3 Å². The highest BCUT2D eigenvalue weighted by Gasteiger charge is 2.47. The van der Waals surface area contributed by atoms with E-state index in [0.717, 1.165) is 0 Å². The molecule has 0 bridgehead atoms. The van der Waals surface area contributed by atoms with Gasteiger partial charge in [0.25, 0.3) is 5.91 Å². The minimum absolute atomic E-state index is 0.0348. The van der Waals surface area contributed by atoms with Crippen LogP contribution in [0.25, 0.3) is 0 Å². The maximum atomic E-state index is 12.6. The number of amides is 3. The van der Waals surface area contributed by atoms with Crippen LogP contribution in [-0.4, -0.2) is 41.4 Å². The van der Waals surface area contributed by atoms with Crippen molar-refractivity contribution in [3.8, 4) is 0 Å². The lowest BCUT2D eigenvalue weighted by atomic mass is 10.1. The number of alkyl halides is 3. The van der Waals surface area contributed by atoms with Crippen molar-refractivity contribution in [2.24, 2.45) is 5.73 Å². The van der Waals surface area contributed by atoms with Gasteiger partial charge in [-0.3, -0.25) is 14.4 Å². The van der Waals surface area contributed by atoms with Crippen LogP contribution in [0.3, 0.4) is 0 Å². The van der Waals surface area contributed by atoms with Gasteiger partial charge < -0.3 is 16.0 Å². The maximum absolute atomic E-state index is 12.6. The van der Waals surface area contributed by atoms with Crippen LogP contribution >= 0.6 is 0 Å². The molecule has 0 aliphatic carbocycles. The Hall–Kier alpha value is -2.58. The number of nitrogens with one attached hydrogen (secondary N) is 1. The predicted molar refractivity (Wildman–Crippen MR) is 74.4 cm³/mol. The summed E-state index contributed by atoms with van der Waals surface area (Å²) in [5.74, 6) is -3.61. The summed E-state index contributed by atoms with van der Waals surface area (Å²) < 4.78 is 37.7. The highest BCUT2D eigenvalue weighted by atomic mass is 19.4. The van der Waals surface area contributed by atoms with Gasteiger partial charge in [0.15, 0.2) is 0 Å². The number of nitrogens with zero attached hydrogens (tertiary/aromatic N) is 1. The van der Waals surface area contributed by atoms with Gasteiger partial charge >= 0.3 is 12.1 Å². The molecule has 1 fully saturated rings. The number of primary amides is 1. The molecule has 1 aromatic carbocycles. The molecular formula is C14H14F3N3O3. The van der Waals surface area contributed by atoms with E-state index in [4.69, 9.17) is 5.73 Å². The first-order valence-corrected chi connectivity index (χ1v) is 6.79. The van der Waals surface area contributed by atoms with Crippen molar-refractivity contribution >= 4 is 23.4 Å². The smallest absolute Gasteiger partial charge is 0.366 e. The Morgan fingerprint density at radius 1 is 1.22 bits per heavy atom. The highest BCUT2D eigenvalue weighted by Crippen LogP contribution is 2.26. The molecule has 1 atom stereocenters. The minimum Gasteiger partial charge on any atom is -0.366 e. The Morgan fingerprint density at radius 2 is 1.87 bits per heavy atom. The van der Waals surface area contributed by atoms with Gasteiger partial charge in [-0.05, 0) is 25.0 Å². The fourth-order valence-corrected chi connectivity index (χ4v) is 2.47. The zero-order valence-electron chi connectivity index (χ0n) is 11.9. The predicted octanol–water partition coefficient (Wildman–Crippen LogP) is 1.28. The van der Waals surface area contributed by atoms with E-state index in [9.17, 15) is 27.6 Å². The number of nitrogens with two attached hydrogens (primary N) is 1. The number of para-hydroxylation sites is 1. The zero-order chi connectivity index (χ0) is 17.2. The quantitative estimate of drug-likeness (QED) is 0.875. The summed E-state index contributed by atoms with van der Waals surface area (Å²) in [6.07, 6.45) is -4.63. The van der Waals surface area contributed by atoms with Gasteiger partial charge in [0.2, 0.25) is 5.91 Å². The van der Waals surface area contributed by atoms with E-state index in [1.54, 1.807) is 0 Å². The molecule has 0 saturated carbocycles. The van der Waals surface area contributed by atoms with Gasteiger partial charge in [-0.25, -0.2) is 0 Å². The van der Waals surface area contributed by atoms with E-state index < -0.39 is 29.9 Å². The zero-order valence-corrected chi connectivity index (χ0v) is 11.9. The van der Waals surface area contributed by atoms with Crippen LogP contribution in [0.15, 0.2) is 24.3 Å². The Kier molecular flexibility index (Phi) is 4.57. The minimum atomic E-state index is -5.03. The second-order valence-electron chi connectivity index (χ2n) is 5.05. The van der Waals surface area contributed by atoms with Gasteiger partial charge in [0, 0.05) is 6.54 Å². The first-order valence-electron chi connectivity index (χ1n) is 6.79. The third-order valence-corrected chi connectivity index (χ3v) is 3.51. The van der Waals surface area contributed by atoms with Gasteiger partial charge in [0.1, 0.15) is 6.04 Å². The Balaban J connectivity index is 2.18. The number of carbonyl (C=O) groups excluding carboxylic acids is 3. The molecule has 124 valence electrons. The lowest BCUT2D eigenvalue weighted by Gasteiger charge is -2.25. The molecule has 23 heavy (non-hydrogen) atoms. The molecule has 1 aliphatic heterocycles. The third kappa shape index (κ3) is 3.61. The molecule has 3 amide bonds. The second kappa shape index (κ2) is 6.27. The van der Waals surface area contributed by atoms with E-state index in [-0.39, 0.29) is 30.6 Å². The number of benzene rings is 1. The summed E-state index contributed by atoms with van der Waals surface area (Å²) in [5.41, 5.74) is 5.30. The van der Waals surface area contributed by atoms with E-state index >= 15 is 0 Å². The van der Waals surface area contributed by atoms with Gasteiger partial charge in [-0.15, -0.1) is 0 Å². The molecule has 1 aliphatic rings. The van der Waals surface area contributed by atoms with Crippen LogP contribution in [0.1, 0.15) is 23.2 Å². The summed E-state index contributed by atoms with van der Waals surface area (Å²) in [7, 11) is 0. The van der Waals surface area contributed by atoms with E-state index in [1.807, 2.05) is 0 Å². The molecule has 1 saturated heterocycles. The molecular weight excluding hydrogens is 315 g/mol. The standard InChI is InChI=1S/C14H14F3N3O3/c15-14(16,17)13(23)20-7-3-6-10(20)12(22)19-9-5-2-1-4-8(9)11(18)21/h1-2,4-5,10H,3,6-7H2,(H2,18,21)(H,19,22). The number of hydrogen-bond acceptors (Lipinski definition) is 3. The molecule has 1 aromatic rings. The third-order valence-electron chi connectivity index (χ3n) is 3.51. The average molecular weight is 329 g/mol. The first kappa shape index (κ1) is 16.8. The van der Waals surface area contributed by atoms with Crippen molar-refractivity contribution in [1.82, 2.24) is 4.90 Å². The van der Waals surface area contributed by atoms with E-state index in [1.165, 1.54) is 24.3 Å². The number of hydrogen-bond donors (Lipinski definition) is 2. The van der Waals surface area contributed by atoms with Gasteiger partial charge in [-0.1, -0.05) is 12.1 Å². The van der Waals surface area contributed by atoms with Crippen molar-refractivity contribution in [3.05, 3.63) is 29.8 Å². The molecule has 2 rings (SSSR count). The van der Waals surface area contributed by atoms with Crippen molar-refractivity contribution in [2.45, 2.75) is 25.1 Å². The summed E-state index contributed by atoms with van der Waals surface area (Å²) in [4.78, 5) is 35.4. The van der Waals surface area contributed by atoms with Crippen molar-refractivity contribution < 1.29 is 27.6 Å². The lowest BCUT2D eigenvalue weighted by molar-refractivity contribution is -0.186. The Bertz CT molecular complexity index is 646. The average Bonchev–Trinajstić information content (AvgIpc) is 2.95. The first-order chi connectivity index (χ1) is 10.7. The largest absolute Gasteiger partial charge is 0.471 e. The molecule has 6 nitrogen and oxygen atoms in total. The number of carbonyl (C=O) groups is 3. The molecule has 0 radical (unpaired) electrons. The molecule has 9 heteroatoms. The SMILES string of the molecule is NC(=O)c1ccccc1NC(=O)C1CCCN1C(=O)C(F)(F)F. The monoisotopic (exact) mass is 329 g/mol. The van der Waals surface area contributed by atoms with Crippen LogP contribution in [0.5, 0.6) is 0 Å². The number of anilines is 1. The normalized spacial score (nSPS) is 17.9. The lowest BCUT2D eigenvalue weighted by Crippen LogP contribution is -2.48. The maximum Gasteiger partial charge on any atom is 0.471 e. The Morgan fingerprint density at radius 3 is 2.48 bits per heavy atom. The highest BCUT2D eigenvalue weighted by molar-refractivity contribution is 6.05. The summed E-state index contributed by atoms with van der Waals surface area (Å²) >= 11 is 0. The Labute approximate surface area is 129 Å². The summed E-state index contributed by atoms with van der Waals surface area (Å²) in [6, 6.07) is 4.62. The number of rotatable bonds is 3. The van der Waals surface area contributed by atoms with E-state index in [0.29, 0.717) is 4.90 Å². The molecule has 3 N–H and O–H groups in total. The van der Waals surface area contributed by atoms with Crippen molar-refractivity contribution in [3.63, 3.8) is 0 Å². The fraction of sp³-hybridized carbons (Fsp3) is 0.357. The van der Waals surface area contributed by atoms with Crippen molar-refractivity contribution in [1.29, 1.82) is 0 Å². The van der Waals surface area contributed by atoms with Crippen LogP contribution in [0.2, 0.25) is 0 Å². The van der Waals surface area contributed by atoms with Crippen LogP contribution < -0.4 is 11.1 Å². The topological polar surface area (TPSA) is 92.5 Å². The number of likely N-dealkylation sites (tertiary alicyclic amines) is 1. The van der Waals surface area contributed by atoms with Gasteiger partial charge in [-0.2, -0.15) is 13.2 Å². The molecule has 0 aromatic heterocycles. The molecule has 1 heterocycles. The van der Waals surface area contributed by atoms with E-state index in [2.05, 4.69) is 5.32 Å². The number of halogens is 3.